The fraction of sp³-hybridized carbons (Fsp3) is 0.211. The Morgan fingerprint density at radius 2 is 1.92 bits per heavy atom. The summed E-state index contributed by atoms with van der Waals surface area (Å²) in [5, 5.41) is 10.9. The highest BCUT2D eigenvalue weighted by Gasteiger charge is 2.32. The molecule has 4 rings (SSSR count). The normalized spacial score (nSPS) is 16.9. The summed E-state index contributed by atoms with van der Waals surface area (Å²) in [5.41, 5.74) is 3.23. The first-order valence-corrected chi connectivity index (χ1v) is 7.99. The molecule has 5 heteroatoms. The van der Waals surface area contributed by atoms with Crippen LogP contribution in [-0.2, 0) is 13.0 Å². The Morgan fingerprint density at radius 3 is 2.71 bits per heavy atom. The van der Waals surface area contributed by atoms with Gasteiger partial charge in [0.15, 0.2) is 0 Å². The molecule has 0 saturated carbocycles. The van der Waals surface area contributed by atoms with Gasteiger partial charge >= 0.3 is 6.09 Å². The van der Waals surface area contributed by atoms with Gasteiger partial charge in [-0.05, 0) is 30.2 Å². The van der Waals surface area contributed by atoms with E-state index >= 15 is 0 Å². The molecule has 5 nitrogen and oxygen atoms in total. The molecule has 0 fully saturated rings. The van der Waals surface area contributed by atoms with Crippen LogP contribution in [-0.4, -0.2) is 33.7 Å². The van der Waals surface area contributed by atoms with E-state index in [9.17, 15) is 9.90 Å². The van der Waals surface area contributed by atoms with Crippen molar-refractivity contribution in [1.82, 2.24) is 9.88 Å². The van der Waals surface area contributed by atoms with Crippen molar-refractivity contribution < 1.29 is 14.6 Å². The molecule has 0 aliphatic carbocycles. The smallest absolute Gasteiger partial charge is 0.410 e. The quantitative estimate of drug-likeness (QED) is 0.762. The van der Waals surface area contributed by atoms with Gasteiger partial charge in [-0.3, -0.25) is 4.90 Å². The van der Waals surface area contributed by atoms with Crippen molar-refractivity contribution in [1.29, 1.82) is 0 Å². The van der Waals surface area contributed by atoms with Gasteiger partial charge in [-0.1, -0.05) is 36.4 Å². The van der Waals surface area contributed by atoms with Crippen LogP contribution in [0.5, 0.6) is 5.75 Å². The number of nitrogens with one attached hydrogen (secondary N) is 1. The third kappa shape index (κ3) is 2.53. The summed E-state index contributed by atoms with van der Waals surface area (Å²) in [4.78, 5) is 17.5. The van der Waals surface area contributed by atoms with Crippen LogP contribution < -0.4 is 4.74 Å². The SMILES string of the molecule is O=C(Oc1ccccc1)N1Cc2[nH]c3ccccc3c2CC1CO. The maximum Gasteiger partial charge on any atom is 0.415 e. The number of benzene rings is 2. The molecule has 0 saturated heterocycles. The van der Waals surface area contributed by atoms with Crippen molar-refractivity contribution in [3.8, 4) is 5.75 Å². The second-order valence-corrected chi connectivity index (χ2v) is 5.98. The molecule has 1 unspecified atom stereocenters. The summed E-state index contributed by atoms with van der Waals surface area (Å²) < 4.78 is 5.44. The number of aliphatic hydroxyl groups excluding tert-OH is 1. The summed E-state index contributed by atoms with van der Waals surface area (Å²) in [6, 6.07) is 16.8. The van der Waals surface area contributed by atoms with Gasteiger partial charge in [0.05, 0.1) is 19.2 Å². The van der Waals surface area contributed by atoms with E-state index in [1.165, 1.54) is 5.56 Å². The Hall–Kier alpha value is -2.79. The van der Waals surface area contributed by atoms with Crippen molar-refractivity contribution in [2.45, 2.75) is 19.0 Å². The van der Waals surface area contributed by atoms with Crippen LogP contribution in [0.15, 0.2) is 54.6 Å². The van der Waals surface area contributed by atoms with Crippen LogP contribution in [0.3, 0.4) is 0 Å². The molecule has 122 valence electrons. The number of rotatable bonds is 2. The zero-order chi connectivity index (χ0) is 16.5. The van der Waals surface area contributed by atoms with Gasteiger partial charge in [0.2, 0.25) is 0 Å². The number of carbonyl (C=O) groups is 1. The standard InChI is InChI=1S/C19H18N2O3/c22-12-13-10-16-15-8-4-5-9-17(15)20-18(16)11-21(13)19(23)24-14-6-2-1-3-7-14/h1-9,13,20,22H,10-12H2. The first-order chi connectivity index (χ1) is 11.8. The largest absolute Gasteiger partial charge is 0.415 e. The van der Waals surface area contributed by atoms with Gasteiger partial charge in [-0.2, -0.15) is 0 Å². The molecule has 1 atom stereocenters. The molecule has 0 radical (unpaired) electrons. The lowest BCUT2D eigenvalue weighted by atomic mass is 9.97. The third-order valence-electron chi connectivity index (χ3n) is 4.50. The van der Waals surface area contributed by atoms with Crippen LogP contribution in [0.4, 0.5) is 4.79 Å². The average Bonchev–Trinajstić information content (AvgIpc) is 2.99. The van der Waals surface area contributed by atoms with Crippen LogP contribution in [0.2, 0.25) is 0 Å². The van der Waals surface area contributed by atoms with E-state index in [-0.39, 0.29) is 12.6 Å². The van der Waals surface area contributed by atoms with Gasteiger partial charge in [0, 0.05) is 16.6 Å². The highest BCUT2D eigenvalue weighted by Crippen LogP contribution is 2.30. The summed E-state index contributed by atoms with van der Waals surface area (Å²) in [5.74, 6) is 0.502. The van der Waals surface area contributed by atoms with Crippen molar-refractivity contribution in [3.05, 3.63) is 65.9 Å². The van der Waals surface area contributed by atoms with E-state index in [0.717, 1.165) is 16.6 Å². The van der Waals surface area contributed by atoms with Crippen LogP contribution in [0.1, 0.15) is 11.3 Å². The number of hydrogen-bond donors (Lipinski definition) is 2. The molecule has 1 aliphatic heterocycles. The van der Waals surface area contributed by atoms with Gasteiger partial charge in [0.25, 0.3) is 0 Å². The number of nitrogens with zero attached hydrogens (tertiary/aromatic N) is 1. The lowest BCUT2D eigenvalue weighted by Gasteiger charge is -2.33. The predicted octanol–water partition coefficient (Wildman–Crippen LogP) is 3.09. The molecule has 0 spiro atoms. The zero-order valence-electron chi connectivity index (χ0n) is 13.1. The Labute approximate surface area is 139 Å². The minimum atomic E-state index is -0.440. The number of hydrogen-bond acceptors (Lipinski definition) is 3. The molecule has 2 aromatic carbocycles. The van der Waals surface area contributed by atoms with Crippen LogP contribution in [0, 0.1) is 0 Å². The number of aromatic nitrogens is 1. The zero-order valence-corrected chi connectivity index (χ0v) is 13.1. The van der Waals surface area contributed by atoms with Crippen molar-refractivity contribution in [2.24, 2.45) is 0 Å². The average molecular weight is 322 g/mol. The number of amides is 1. The molecule has 0 bridgehead atoms. The summed E-state index contributed by atoms with van der Waals surface area (Å²) in [6.45, 7) is 0.309. The first kappa shape index (κ1) is 14.8. The second-order valence-electron chi connectivity index (χ2n) is 5.98. The highest BCUT2D eigenvalue weighted by molar-refractivity contribution is 5.85. The van der Waals surface area contributed by atoms with E-state index in [2.05, 4.69) is 11.1 Å². The number of aliphatic hydroxyl groups is 1. The Morgan fingerprint density at radius 1 is 1.17 bits per heavy atom. The maximum atomic E-state index is 12.5. The Kier molecular flexibility index (Phi) is 3.70. The number of para-hydroxylation sites is 2. The van der Waals surface area contributed by atoms with E-state index in [1.807, 2.05) is 36.4 Å². The van der Waals surface area contributed by atoms with Gasteiger partial charge in [-0.15, -0.1) is 0 Å². The lowest BCUT2D eigenvalue weighted by Crippen LogP contribution is -2.47. The molecule has 2 N–H and O–H groups in total. The molecule has 3 aromatic rings. The fourth-order valence-electron chi connectivity index (χ4n) is 3.29. The minimum absolute atomic E-state index is 0.0944. The first-order valence-electron chi connectivity index (χ1n) is 7.99. The molecule has 24 heavy (non-hydrogen) atoms. The number of ether oxygens (including phenoxy) is 1. The number of fused-ring (bicyclic) bond motifs is 3. The van der Waals surface area contributed by atoms with Crippen LogP contribution >= 0.6 is 0 Å². The molecular formula is C19H18N2O3. The maximum absolute atomic E-state index is 12.5. The third-order valence-corrected chi connectivity index (χ3v) is 4.50. The summed E-state index contributed by atoms with van der Waals surface area (Å²) >= 11 is 0. The van der Waals surface area contributed by atoms with E-state index in [1.54, 1.807) is 17.0 Å². The van der Waals surface area contributed by atoms with Crippen molar-refractivity contribution >= 4 is 17.0 Å². The molecule has 1 amide bonds. The number of aromatic amines is 1. The summed E-state index contributed by atoms with van der Waals surface area (Å²) in [7, 11) is 0. The van der Waals surface area contributed by atoms with Gasteiger partial charge in [-0.25, -0.2) is 4.79 Å². The topological polar surface area (TPSA) is 65.6 Å². The van der Waals surface area contributed by atoms with E-state index < -0.39 is 6.09 Å². The monoisotopic (exact) mass is 322 g/mol. The fourth-order valence-corrected chi connectivity index (χ4v) is 3.29. The van der Waals surface area contributed by atoms with Crippen molar-refractivity contribution in [2.75, 3.05) is 6.61 Å². The second kappa shape index (κ2) is 6.02. The van der Waals surface area contributed by atoms with Crippen LogP contribution in [0.25, 0.3) is 10.9 Å². The summed E-state index contributed by atoms with van der Waals surface area (Å²) in [6.07, 6.45) is 0.171. The van der Waals surface area contributed by atoms with E-state index in [0.29, 0.717) is 18.7 Å². The van der Waals surface area contributed by atoms with E-state index in [4.69, 9.17) is 4.74 Å². The number of H-pyrrole nitrogens is 1. The number of carbonyl (C=O) groups excluding carboxylic acids is 1. The Balaban J connectivity index is 1.63. The highest BCUT2D eigenvalue weighted by atomic mass is 16.6. The van der Waals surface area contributed by atoms with Gasteiger partial charge in [0.1, 0.15) is 5.75 Å². The van der Waals surface area contributed by atoms with Gasteiger partial charge < -0.3 is 14.8 Å². The predicted molar refractivity (Wildman–Crippen MR) is 90.9 cm³/mol. The Bertz CT molecular complexity index is 873. The molecular weight excluding hydrogens is 304 g/mol. The van der Waals surface area contributed by atoms with Crippen molar-refractivity contribution in [3.63, 3.8) is 0 Å². The minimum Gasteiger partial charge on any atom is -0.410 e. The molecule has 1 aromatic heterocycles. The molecule has 2 heterocycles. The lowest BCUT2D eigenvalue weighted by molar-refractivity contribution is 0.0920. The molecule has 1 aliphatic rings.